The lowest BCUT2D eigenvalue weighted by Crippen LogP contribution is -2.39. The highest BCUT2D eigenvalue weighted by Crippen LogP contribution is 2.22. The van der Waals surface area contributed by atoms with Crippen molar-refractivity contribution in [3.8, 4) is 0 Å². The molecule has 0 radical (unpaired) electrons. The van der Waals surface area contributed by atoms with Gasteiger partial charge in [0, 0.05) is 22.7 Å². The summed E-state index contributed by atoms with van der Waals surface area (Å²) in [4.78, 5) is 12.1. The molecule has 0 aromatic heterocycles. The van der Waals surface area contributed by atoms with E-state index in [1.807, 2.05) is 31.2 Å². The summed E-state index contributed by atoms with van der Waals surface area (Å²) in [5, 5.41) is 6.37. The highest BCUT2D eigenvalue weighted by molar-refractivity contribution is 6.31. The summed E-state index contributed by atoms with van der Waals surface area (Å²) in [7, 11) is 0. The van der Waals surface area contributed by atoms with Crippen LogP contribution in [0.2, 0.25) is 5.02 Å². The number of aryl methyl sites for hydroxylation is 1. The number of carbonyl (C=O) groups excluding carboxylic acids is 1. The molecule has 0 aliphatic carbocycles. The zero-order valence-electron chi connectivity index (χ0n) is 13.1. The van der Waals surface area contributed by atoms with Gasteiger partial charge in [0.1, 0.15) is 0 Å². The standard InChI is InChI=1S/C18H21ClN2O/c1-13-9-10-15(19)11-16(13)21-17(22)20-12-18(2,3)14-7-5-4-6-8-14/h4-11H,12H2,1-3H3,(H2,20,21,22). The highest BCUT2D eigenvalue weighted by Gasteiger charge is 2.21. The first-order valence-corrected chi connectivity index (χ1v) is 7.63. The van der Waals surface area contributed by atoms with Crippen molar-refractivity contribution in [3.05, 3.63) is 64.7 Å². The maximum absolute atomic E-state index is 12.1. The Morgan fingerprint density at radius 1 is 1.14 bits per heavy atom. The molecule has 3 nitrogen and oxygen atoms in total. The van der Waals surface area contributed by atoms with Gasteiger partial charge < -0.3 is 10.6 Å². The summed E-state index contributed by atoms with van der Waals surface area (Å²) >= 11 is 5.96. The second kappa shape index (κ2) is 6.84. The third-order valence-electron chi connectivity index (χ3n) is 3.69. The van der Waals surface area contributed by atoms with E-state index in [0.717, 1.165) is 11.3 Å². The van der Waals surface area contributed by atoms with Gasteiger partial charge in [0.05, 0.1) is 0 Å². The SMILES string of the molecule is Cc1ccc(Cl)cc1NC(=O)NCC(C)(C)c1ccccc1. The van der Waals surface area contributed by atoms with Crippen molar-refractivity contribution in [1.82, 2.24) is 5.32 Å². The number of hydrogen-bond acceptors (Lipinski definition) is 1. The monoisotopic (exact) mass is 316 g/mol. The largest absolute Gasteiger partial charge is 0.337 e. The summed E-state index contributed by atoms with van der Waals surface area (Å²) in [6, 6.07) is 15.3. The van der Waals surface area contributed by atoms with Crippen LogP contribution in [0, 0.1) is 6.92 Å². The van der Waals surface area contributed by atoms with E-state index >= 15 is 0 Å². The molecule has 116 valence electrons. The first-order chi connectivity index (χ1) is 10.4. The number of benzene rings is 2. The molecular weight excluding hydrogens is 296 g/mol. The third-order valence-corrected chi connectivity index (χ3v) is 3.93. The lowest BCUT2D eigenvalue weighted by Gasteiger charge is -2.25. The molecule has 0 atom stereocenters. The Morgan fingerprint density at radius 2 is 1.82 bits per heavy atom. The van der Waals surface area contributed by atoms with E-state index in [4.69, 9.17) is 11.6 Å². The number of halogens is 1. The molecule has 2 amide bonds. The van der Waals surface area contributed by atoms with E-state index in [0.29, 0.717) is 11.6 Å². The summed E-state index contributed by atoms with van der Waals surface area (Å²) in [6.45, 7) is 6.68. The minimum Gasteiger partial charge on any atom is -0.337 e. The Balaban J connectivity index is 1.97. The normalized spacial score (nSPS) is 11.1. The van der Waals surface area contributed by atoms with Gasteiger partial charge in [0.25, 0.3) is 0 Å². The molecule has 0 heterocycles. The fourth-order valence-corrected chi connectivity index (χ4v) is 2.36. The van der Waals surface area contributed by atoms with Crippen molar-refractivity contribution < 1.29 is 4.79 Å². The number of nitrogens with one attached hydrogen (secondary N) is 2. The second-order valence-corrected chi connectivity index (χ2v) is 6.45. The van der Waals surface area contributed by atoms with Crippen molar-refractivity contribution in [1.29, 1.82) is 0 Å². The van der Waals surface area contributed by atoms with Gasteiger partial charge in [-0.15, -0.1) is 0 Å². The topological polar surface area (TPSA) is 41.1 Å². The number of urea groups is 1. The van der Waals surface area contributed by atoms with Crippen LogP contribution in [0.1, 0.15) is 25.0 Å². The Kier molecular flexibility index (Phi) is 5.09. The van der Waals surface area contributed by atoms with Crippen LogP contribution in [0.25, 0.3) is 0 Å². The molecule has 0 unspecified atom stereocenters. The van der Waals surface area contributed by atoms with Crippen LogP contribution in [0.15, 0.2) is 48.5 Å². The van der Waals surface area contributed by atoms with Gasteiger partial charge in [-0.3, -0.25) is 0 Å². The quantitative estimate of drug-likeness (QED) is 0.839. The van der Waals surface area contributed by atoms with E-state index in [1.165, 1.54) is 5.56 Å². The molecule has 0 saturated carbocycles. The van der Waals surface area contributed by atoms with Crippen LogP contribution in [-0.2, 0) is 5.41 Å². The van der Waals surface area contributed by atoms with Gasteiger partial charge in [-0.25, -0.2) is 4.79 Å². The van der Waals surface area contributed by atoms with Crippen molar-refractivity contribution >= 4 is 23.3 Å². The van der Waals surface area contributed by atoms with Crippen LogP contribution >= 0.6 is 11.6 Å². The molecule has 0 aliphatic rings. The number of anilines is 1. The maximum Gasteiger partial charge on any atom is 0.319 e. The predicted octanol–water partition coefficient (Wildman–Crippen LogP) is 4.75. The minimum atomic E-state index is -0.227. The van der Waals surface area contributed by atoms with Gasteiger partial charge in [-0.2, -0.15) is 0 Å². The predicted molar refractivity (Wildman–Crippen MR) is 92.7 cm³/mol. The lowest BCUT2D eigenvalue weighted by molar-refractivity contribution is 0.249. The number of amides is 2. The first kappa shape index (κ1) is 16.4. The molecule has 2 rings (SSSR count). The molecular formula is C18H21ClN2O. The van der Waals surface area contributed by atoms with Crippen LogP contribution in [0.3, 0.4) is 0 Å². The molecule has 0 bridgehead atoms. The van der Waals surface area contributed by atoms with Crippen LogP contribution < -0.4 is 10.6 Å². The molecule has 2 N–H and O–H groups in total. The smallest absolute Gasteiger partial charge is 0.319 e. The van der Waals surface area contributed by atoms with Crippen molar-refractivity contribution in [2.24, 2.45) is 0 Å². The van der Waals surface area contributed by atoms with Crippen molar-refractivity contribution in [3.63, 3.8) is 0 Å². The molecule has 4 heteroatoms. The fraction of sp³-hybridized carbons (Fsp3) is 0.278. The van der Waals surface area contributed by atoms with Crippen LogP contribution in [-0.4, -0.2) is 12.6 Å². The molecule has 0 saturated heterocycles. The van der Waals surface area contributed by atoms with Gasteiger partial charge in [-0.05, 0) is 30.2 Å². The van der Waals surface area contributed by atoms with Crippen molar-refractivity contribution in [2.75, 3.05) is 11.9 Å². The third kappa shape index (κ3) is 4.25. The number of carbonyl (C=O) groups is 1. The molecule has 0 spiro atoms. The second-order valence-electron chi connectivity index (χ2n) is 6.02. The lowest BCUT2D eigenvalue weighted by atomic mass is 9.85. The summed E-state index contributed by atoms with van der Waals surface area (Å²) < 4.78 is 0. The van der Waals surface area contributed by atoms with Crippen molar-refractivity contribution in [2.45, 2.75) is 26.2 Å². The average molecular weight is 317 g/mol. The Labute approximate surface area is 136 Å². The minimum absolute atomic E-state index is 0.137. The molecule has 2 aromatic rings. The zero-order valence-corrected chi connectivity index (χ0v) is 13.9. The molecule has 2 aromatic carbocycles. The molecule has 0 aliphatic heterocycles. The summed E-state index contributed by atoms with van der Waals surface area (Å²) in [5.41, 5.74) is 2.75. The van der Waals surface area contributed by atoms with Gasteiger partial charge in [0.2, 0.25) is 0 Å². The Bertz CT molecular complexity index is 653. The Hall–Kier alpha value is -2.00. The van der Waals surface area contributed by atoms with E-state index in [9.17, 15) is 4.79 Å². The molecule has 0 fully saturated rings. The number of rotatable bonds is 4. The van der Waals surface area contributed by atoms with Gasteiger partial charge >= 0.3 is 6.03 Å². The van der Waals surface area contributed by atoms with E-state index in [2.05, 4.69) is 36.6 Å². The zero-order chi connectivity index (χ0) is 16.2. The highest BCUT2D eigenvalue weighted by atomic mass is 35.5. The molecule has 22 heavy (non-hydrogen) atoms. The van der Waals surface area contributed by atoms with Crippen LogP contribution in [0.4, 0.5) is 10.5 Å². The summed E-state index contributed by atoms with van der Waals surface area (Å²) in [5.74, 6) is 0. The Morgan fingerprint density at radius 3 is 2.50 bits per heavy atom. The first-order valence-electron chi connectivity index (χ1n) is 7.25. The van der Waals surface area contributed by atoms with E-state index < -0.39 is 0 Å². The van der Waals surface area contributed by atoms with E-state index in [1.54, 1.807) is 12.1 Å². The maximum atomic E-state index is 12.1. The van der Waals surface area contributed by atoms with Crippen LogP contribution in [0.5, 0.6) is 0 Å². The van der Waals surface area contributed by atoms with E-state index in [-0.39, 0.29) is 11.4 Å². The average Bonchev–Trinajstić information content (AvgIpc) is 2.50. The summed E-state index contributed by atoms with van der Waals surface area (Å²) in [6.07, 6.45) is 0. The van der Waals surface area contributed by atoms with Gasteiger partial charge in [-0.1, -0.05) is 61.8 Å². The number of hydrogen-bond donors (Lipinski definition) is 2. The van der Waals surface area contributed by atoms with Gasteiger partial charge in [0.15, 0.2) is 0 Å². The fourth-order valence-electron chi connectivity index (χ4n) is 2.19.